The monoisotopic (exact) mass is 222 g/mol. The standard InChI is InChI=1S/C8H5Cl2FO2/c9-4-1-2-5(6(10)3-4)7(11)8(12)13/h1-3,7H,(H,12,13). The van der Waals surface area contributed by atoms with E-state index in [-0.39, 0.29) is 10.6 Å². The molecule has 2 nitrogen and oxygen atoms in total. The van der Waals surface area contributed by atoms with Gasteiger partial charge in [0, 0.05) is 15.6 Å². The van der Waals surface area contributed by atoms with Gasteiger partial charge in [0.05, 0.1) is 0 Å². The Kier molecular flexibility index (Phi) is 3.12. The van der Waals surface area contributed by atoms with Crippen LogP contribution >= 0.6 is 23.2 Å². The molecule has 1 unspecified atom stereocenters. The number of hydrogen-bond acceptors (Lipinski definition) is 1. The molecule has 0 aliphatic heterocycles. The minimum atomic E-state index is -2.11. The highest BCUT2D eigenvalue weighted by molar-refractivity contribution is 6.35. The molecule has 0 bridgehead atoms. The highest BCUT2D eigenvalue weighted by Crippen LogP contribution is 2.28. The van der Waals surface area contributed by atoms with Gasteiger partial charge in [-0.3, -0.25) is 0 Å². The summed E-state index contributed by atoms with van der Waals surface area (Å²) in [4.78, 5) is 10.3. The van der Waals surface area contributed by atoms with Crippen molar-refractivity contribution in [2.45, 2.75) is 6.17 Å². The van der Waals surface area contributed by atoms with Crippen molar-refractivity contribution in [1.29, 1.82) is 0 Å². The molecule has 0 aliphatic rings. The highest BCUT2D eigenvalue weighted by Gasteiger charge is 2.20. The lowest BCUT2D eigenvalue weighted by Gasteiger charge is -2.05. The molecule has 0 amide bonds. The topological polar surface area (TPSA) is 37.3 Å². The summed E-state index contributed by atoms with van der Waals surface area (Å²) in [5.41, 5.74) is -0.0847. The molecule has 1 rings (SSSR count). The molecule has 1 atom stereocenters. The highest BCUT2D eigenvalue weighted by atomic mass is 35.5. The first kappa shape index (κ1) is 10.3. The molecule has 0 saturated carbocycles. The van der Waals surface area contributed by atoms with E-state index in [4.69, 9.17) is 28.3 Å². The van der Waals surface area contributed by atoms with E-state index in [0.717, 1.165) is 0 Å². The number of benzene rings is 1. The molecular formula is C8H5Cl2FO2. The SMILES string of the molecule is O=C(O)C(F)c1ccc(Cl)cc1Cl. The van der Waals surface area contributed by atoms with Gasteiger partial charge in [-0.2, -0.15) is 0 Å². The number of halogens is 3. The minimum Gasteiger partial charge on any atom is -0.479 e. The largest absolute Gasteiger partial charge is 0.479 e. The number of hydrogen-bond donors (Lipinski definition) is 1. The average molecular weight is 223 g/mol. The maximum Gasteiger partial charge on any atom is 0.343 e. The molecule has 1 aromatic rings. The Morgan fingerprint density at radius 3 is 2.54 bits per heavy atom. The summed E-state index contributed by atoms with van der Waals surface area (Å²) >= 11 is 11.1. The van der Waals surface area contributed by atoms with Crippen molar-refractivity contribution < 1.29 is 14.3 Å². The van der Waals surface area contributed by atoms with Gasteiger partial charge in [0.2, 0.25) is 6.17 Å². The van der Waals surface area contributed by atoms with Crippen molar-refractivity contribution in [2.75, 3.05) is 0 Å². The Labute approximate surface area is 83.9 Å². The van der Waals surface area contributed by atoms with Crippen molar-refractivity contribution in [3.8, 4) is 0 Å². The van der Waals surface area contributed by atoms with E-state index in [1.165, 1.54) is 18.2 Å². The fourth-order valence-corrected chi connectivity index (χ4v) is 1.34. The van der Waals surface area contributed by atoms with Gasteiger partial charge in [0.25, 0.3) is 0 Å². The van der Waals surface area contributed by atoms with Crippen LogP contribution in [0.5, 0.6) is 0 Å². The van der Waals surface area contributed by atoms with E-state index in [1.54, 1.807) is 0 Å². The third-order valence-corrected chi connectivity index (χ3v) is 2.01. The molecule has 0 spiro atoms. The van der Waals surface area contributed by atoms with Gasteiger partial charge in [-0.15, -0.1) is 0 Å². The molecule has 1 aromatic carbocycles. The van der Waals surface area contributed by atoms with Gasteiger partial charge in [-0.25, -0.2) is 9.18 Å². The molecule has 1 N–H and O–H groups in total. The van der Waals surface area contributed by atoms with Crippen molar-refractivity contribution in [3.63, 3.8) is 0 Å². The molecule has 0 fully saturated rings. The maximum absolute atomic E-state index is 12.9. The molecule has 0 saturated heterocycles. The van der Waals surface area contributed by atoms with Crippen LogP contribution in [0.15, 0.2) is 18.2 Å². The maximum atomic E-state index is 12.9. The Hall–Kier alpha value is -0.800. The zero-order chi connectivity index (χ0) is 10.0. The summed E-state index contributed by atoms with van der Waals surface area (Å²) in [5.74, 6) is -1.57. The van der Waals surface area contributed by atoms with E-state index < -0.39 is 12.1 Å². The molecular weight excluding hydrogens is 218 g/mol. The smallest absolute Gasteiger partial charge is 0.343 e. The third-order valence-electron chi connectivity index (χ3n) is 1.45. The second-order valence-electron chi connectivity index (χ2n) is 2.37. The van der Waals surface area contributed by atoms with Gasteiger partial charge >= 0.3 is 5.97 Å². The molecule has 0 heterocycles. The molecule has 70 valence electrons. The first-order valence-electron chi connectivity index (χ1n) is 3.34. The second-order valence-corrected chi connectivity index (χ2v) is 3.21. The van der Waals surface area contributed by atoms with Crippen LogP contribution in [0.3, 0.4) is 0 Å². The molecule has 0 aromatic heterocycles. The van der Waals surface area contributed by atoms with Gasteiger partial charge < -0.3 is 5.11 Å². The Morgan fingerprint density at radius 2 is 2.08 bits per heavy atom. The zero-order valence-corrected chi connectivity index (χ0v) is 7.81. The van der Waals surface area contributed by atoms with Crippen LogP contribution in [0.1, 0.15) is 11.7 Å². The number of rotatable bonds is 2. The fourth-order valence-electron chi connectivity index (χ4n) is 0.840. The molecule has 0 aliphatic carbocycles. The molecule has 5 heteroatoms. The summed E-state index contributed by atoms with van der Waals surface area (Å²) in [7, 11) is 0. The van der Waals surface area contributed by atoms with Crippen LogP contribution < -0.4 is 0 Å². The lowest BCUT2D eigenvalue weighted by Crippen LogP contribution is -2.06. The minimum absolute atomic E-state index is 0.0161. The van der Waals surface area contributed by atoms with Crippen LogP contribution in [-0.4, -0.2) is 11.1 Å². The summed E-state index contributed by atoms with van der Waals surface area (Å²) in [6, 6.07) is 3.94. The summed E-state index contributed by atoms with van der Waals surface area (Å²) in [5, 5.41) is 8.72. The van der Waals surface area contributed by atoms with Crippen LogP contribution in [0.25, 0.3) is 0 Å². The lowest BCUT2D eigenvalue weighted by molar-refractivity contribution is -0.143. The Bertz CT molecular complexity index is 341. The predicted octanol–water partition coefficient (Wildman–Crippen LogP) is 3.09. The van der Waals surface area contributed by atoms with Gasteiger partial charge in [0.15, 0.2) is 0 Å². The van der Waals surface area contributed by atoms with Crippen molar-refractivity contribution in [2.24, 2.45) is 0 Å². The molecule has 13 heavy (non-hydrogen) atoms. The number of carboxylic acids is 1. The Balaban J connectivity index is 3.08. The van der Waals surface area contributed by atoms with Crippen molar-refractivity contribution >= 4 is 29.2 Å². The second kappa shape index (κ2) is 3.94. The summed E-state index contributed by atoms with van der Waals surface area (Å²) in [6.07, 6.45) is -2.11. The molecule has 0 radical (unpaired) electrons. The normalized spacial score (nSPS) is 12.5. The van der Waals surface area contributed by atoms with Gasteiger partial charge in [0.1, 0.15) is 0 Å². The number of alkyl halides is 1. The van der Waals surface area contributed by atoms with Crippen LogP contribution in [0.2, 0.25) is 10.0 Å². The lowest BCUT2D eigenvalue weighted by atomic mass is 10.1. The first-order chi connectivity index (χ1) is 6.02. The summed E-state index contributed by atoms with van der Waals surface area (Å²) < 4.78 is 12.9. The van der Waals surface area contributed by atoms with Crippen LogP contribution in [-0.2, 0) is 4.79 Å². The van der Waals surface area contributed by atoms with E-state index in [0.29, 0.717) is 5.02 Å². The fraction of sp³-hybridized carbons (Fsp3) is 0.125. The zero-order valence-electron chi connectivity index (χ0n) is 6.30. The van der Waals surface area contributed by atoms with Crippen molar-refractivity contribution in [3.05, 3.63) is 33.8 Å². The predicted molar refractivity (Wildman–Crippen MR) is 47.9 cm³/mol. The van der Waals surface area contributed by atoms with Gasteiger partial charge in [-0.05, 0) is 12.1 Å². The van der Waals surface area contributed by atoms with E-state index in [9.17, 15) is 9.18 Å². The van der Waals surface area contributed by atoms with Crippen LogP contribution in [0.4, 0.5) is 4.39 Å². The van der Waals surface area contributed by atoms with Crippen LogP contribution in [0, 0.1) is 0 Å². The van der Waals surface area contributed by atoms with E-state index >= 15 is 0 Å². The number of carboxylic acid groups (broad SMARTS) is 1. The van der Waals surface area contributed by atoms with E-state index in [1.807, 2.05) is 0 Å². The third kappa shape index (κ3) is 2.32. The summed E-state index contributed by atoms with van der Waals surface area (Å²) in [6.45, 7) is 0. The average Bonchev–Trinajstić information content (AvgIpc) is 2.03. The quantitative estimate of drug-likeness (QED) is 0.836. The first-order valence-corrected chi connectivity index (χ1v) is 4.10. The number of aliphatic carboxylic acids is 1. The van der Waals surface area contributed by atoms with Crippen molar-refractivity contribution in [1.82, 2.24) is 0 Å². The number of carbonyl (C=O) groups is 1. The van der Waals surface area contributed by atoms with E-state index in [2.05, 4.69) is 0 Å². The van der Waals surface area contributed by atoms with Gasteiger partial charge in [-0.1, -0.05) is 29.3 Å². The Morgan fingerprint density at radius 1 is 1.46 bits per heavy atom.